The minimum atomic E-state index is 0.0249. The fraction of sp³-hybridized carbons (Fsp3) is 0.300. The molecule has 0 fully saturated rings. The van der Waals surface area contributed by atoms with Gasteiger partial charge in [0.25, 0.3) is 0 Å². The van der Waals surface area contributed by atoms with Gasteiger partial charge in [-0.15, -0.1) is 16.4 Å². The first kappa shape index (κ1) is 16.9. The van der Waals surface area contributed by atoms with Crippen molar-refractivity contribution in [1.29, 1.82) is 0 Å². The van der Waals surface area contributed by atoms with Crippen LogP contribution in [0.1, 0.15) is 39.7 Å². The van der Waals surface area contributed by atoms with E-state index >= 15 is 0 Å². The van der Waals surface area contributed by atoms with E-state index in [4.69, 9.17) is 0 Å². The number of nitrogens with zero attached hydrogens (tertiary/aromatic N) is 4. The number of hydrogen-bond donors (Lipinski definition) is 1. The van der Waals surface area contributed by atoms with Gasteiger partial charge in [-0.05, 0) is 29.0 Å². The molecule has 0 unspecified atom stereocenters. The van der Waals surface area contributed by atoms with Crippen molar-refractivity contribution in [1.82, 2.24) is 19.5 Å². The molecule has 7 heteroatoms. The second kappa shape index (κ2) is 6.74. The Morgan fingerprint density at radius 1 is 1.19 bits per heavy atom. The molecule has 1 N–H and O–H groups in total. The van der Waals surface area contributed by atoms with Crippen molar-refractivity contribution in [2.45, 2.75) is 32.4 Å². The van der Waals surface area contributed by atoms with Crippen LogP contribution in [0.2, 0.25) is 0 Å². The summed E-state index contributed by atoms with van der Waals surface area (Å²) in [6, 6.07) is 12.9. The second-order valence-corrected chi connectivity index (χ2v) is 8.76. The average Bonchev–Trinajstić information content (AvgIpc) is 3.42. The SMILES string of the molecule is CCc1nc2sc([C@@H](c3cccs3)N3CCc4ccccc4C3)c(O)n2n1. The van der Waals surface area contributed by atoms with Crippen LogP contribution in [-0.2, 0) is 19.4 Å². The third kappa shape index (κ3) is 2.86. The number of aromatic hydroxyl groups is 1. The molecule has 0 spiro atoms. The first-order chi connectivity index (χ1) is 13.2. The average molecular weight is 397 g/mol. The number of thiazole rings is 1. The van der Waals surface area contributed by atoms with Crippen LogP contribution in [0.3, 0.4) is 0 Å². The Morgan fingerprint density at radius 2 is 2.04 bits per heavy atom. The van der Waals surface area contributed by atoms with Gasteiger partial charge in [-0.2, -0.15) is 4.52 Å². The number of benzene rings is 1. The van der Waals surface area contributed by atoms with E-state index in [1.807, 2.05) is 6.92 Å². The molecule has 5 rings (SSSR count). The Kier molecular flexibility index (Phi) is 4.22. The van der Waals surface area contributed by atoms with Crippen LogP contribution in [0, 0.1) is 0 Å². The third-order valence-corrected chi connectivity index (χ3v) is 7.14. The number of rotatable bonds is 4. The lowest BCUT2D eigenvalue weighted by molar-refractivity contribution is 0.208. The predicted octanol–water partition coefficient (Wildman–Crippen LogP) is 4.27. The van der Waals surface area contributed by atoms with Crippen molar-refractivity contribution < 1.29 is 5.11 Å². The van der Waals surface area contributed by atoms with Gasteiger partial charge in [0, 0.05) is 24.4 Å². The molecule has 4 aromatic rings. The maximum Gasteiger partial charge on any atom is 0.230 e. The molecule has 1 atom stereocenters. The number of hydrogen-bond acceptors (Lipinski definition) is 6. The van der Waals surface area contributed by atoms with E-state index < -0.39 is 0 Å². The zero-order chi connectivity index (χ0) is 18.4. The molecule has 138 valence electrons. The number of aromatic nitrogens is 3. The summed E-state index contributed by atoms with van der Waals surface area (Å²) in [6.07, 6.45) is 1.79. The molecular weight excluding hydrogens is 376 g/mol. The van der Waals surface area contributed by atoms with Crippen molar-refractivity contribution in [3.63, 3.8) is 0 Å². The Bertz CT molecular complexity index is 1080. The minimum absolute atomic E-state index is 0.0249. The fourth-order valence-corrected chi connectivity index (χ4v) is 5.85. The van der Waals surface area contributed by atoms with Crippen molar-refractivity contribution in [3.05, 3.63) is 68.5 Å². The van der Waals surface area contributed by atoms with Crippen molar-refractivity contribution in [2.24, 2.45) is 0 Å². The summed E-state index contributed by atoms with van der Waals surface area (Å²) in [5.41, 5.74) is 2.80. The summed E-state index contributed by atoms with van der Waals surface area (Å²) >= 11 is 3.28. The van der Waals surface area contributed by atoms with Crippen molar-refractivity contribution in [3.8, 4) is 5.88 Å². The van der Waals surface area contributed by atoms with Gasteiger partial charge in [0.05, 0.1) is 10.9 Å². The Morgan fingerprint density at radius 3 is 2.78 bits per heavy atom. The van der Waals surface area contributed by atoms with E-state index in [2.05, 4.69) is 56.8 Å². The highest BCUT2D eigenvalue weighted by Crippen LogP contribution is 2.42. The lowest BCUT2D eigenvalue weighted by Gasteiger charge is -2.34. The maximum absolute atomic E-state index is 10.9. The van der Waals surface area contributed by atoms with E-state index in [1.54, 1.807) is 27.2 Å². The van der Waals surface area contributed by atoms with Gasteiger partial charge < -0.3 is 5.11 Å². The molecule has 0 saturated carbocycles. The molecule has 1 aliphatic heterocycles. The zero-order valence-corrected chi connectivity index (χ0v) is 16.6. The molecule has 1 aromatic carbocycles. The Balaban J connectivity index is 1.59. The second-order valence-electron chi connectivity index (χ2n) is 6.77. The summed E-state index contributed by atoms with van der Waals surface area (Å²) in [5.74, 6) is 0.988. The lowest BCUT2D eigenvalue weighted by Crippen LogP contribution is -2.34. The minimum Gasteiger partial charge on any atom is -0.492 e. The van der Waals surface area contributed by atoms with Crippen LogP contribution in [0.4, 0.5) is 0 Å². The first-order valence-corrected chi connectivity index (χ1v) is 10.9. The van der Waals surface area contributed by atoms with Crippen molar-refractivity contribution >= 4 is 27.6 Å². The van der Waals surface area contributed by atoms with E-state index in [0.29, 0.717) is 0 Å². The molecule has 4 heterocycles. The van der Waals surface area contributed by atoms with Crippen LogP contribution in [-0.4, -0.2) is 31.1 Å². The highest BCUT2D eigenvalue weighted by molar-refractivity contribution is 7.17. The summed E-state index contributed by atoms with van der Waals surface area (Å²) < 4.78 is 1.59. The van der Waals surface area contributed by atoms with E-state index in [-0.39, 0.29) is 11.9 Å². The molecule has 0 bridgehead atoms. The standard InChI is InChI=1S/C20H20N4OS2/c1-2-16-21-20-24(22-16)19(25)18(27-20)17(15-8-5-11-26-15)23-10-9-13-6-3-4-7-14(13)12-23/h3-8,11,17,25H,2,9-10,12H2,1H3/t17-/m1/s1. The van der Waals surface area contributed by atoms with Gasteiger partial charge >= 0.3 is 0 Å². The van der Waals surface area contributed by atoms with E-state index in [0.717, 1.165) is 41.6 Å². The third-order valence-electron chi connectivity index (χ3n) is 5.15. The van der Waals surface area contributed by atoms with Crippen molar-refractivity contribution in [2.75, 3.05) is 6.54 Å². The molecule has 0 saturated heterocycles. The maximum atomic E-state index is 10.9. The quantitative estimate of drug-likeness (QED) is 0.560. The smallest absolute Gasteiger partial charge is 0.230 e. The summed E-state index contributed by atoms with van der Waals surface area (Å²) in [6.45, 7) is 3.87. The highest BCUT2D eigenvalue weighted by atomic mass is 32.1. The molecule has 0 aliphatic carbocycles. The van der Waals surface area contributed by atoms with Crippen LogP contribution < -0.4 is 0 Å². The summed E-state index contributed by atoms with van der Waals surface area (Å²) in [5, 5.41) is 17.5. The monoisotopic (exact) mass is 396 g/mol. The Labute approximate surface area is 165 Å². The van der Waals surface area contributed by atoms with Gasteiger partial charge in [-0.25, -0.2) is 4.98 Å². The van der Waals surface area contributed by atoms with E-state index in [1.165, 1.54) is 16.0 Å². The first-order valence-electron chi connectivity index (χ1n) is 9.16. The summed E-state index contributed by atoms with van der Waals surface area (Å²) in [7, 11) is 0. The normalized spacial score (nSPS) is 15.9. The highest BCUT2D eigenvalue weighted by Gasteiger charge is 2.32. The van der Waals surface area contributed by atoms with Gasteiger partial charge in [-0.3, -0.25) is 4.90 Å². The molecule has 1 aliphatic rings. The molecule has 0 amide bonds. The number of fused-ring (bicyclic) bond motifs is 2. The van der Waals surface area contributed by atoms with E-state index in [9.17, 15) is 5.11 Å². The molecular formula is C20H20N4OS2. The van der Waals surface area contributed by atoms with Gasteiger partial charge in [0.1, 0.15) is 0 Å². The predicted molar refractivity (Wildman–Crippen MR) is 109 cm³/mol. The van der Waals surface area contributed by atoms with Crippen LogP contribution >= 0.6 is 22.7 Å². The van der Waals surface area contributed by atoms with Gasteiger partial charge in [0.15, 0.2) is 5.82 Å². The van der Waals surface area contributed by atoms with Gasteiger partial charge in [0.2, 0.25) is 10.8 Å². The number of aryl methyl sites for hydroxylation is 1. The molecule has 5 nitrogen and oxygen atoms in total. The van der Waals surface area contributed by atoms with Crippen LogP contribution in [0.5, 0.6) is 5.88 Å². The van der Waals surface area contributed by atoms with Crippen LogP contribution in [0.25, 0.3) is 4.96 Å². The summed E-state index contributed by atoms with van der Waals surface area (Å²) in [4.78, 5) is 9.94. The topological polar surface area (TPSA) is 53.7 Å². The van der Waals surface area contributed by atoms with Crippen LogP contribution in [0.15, 0.2) is 41.8 Å². The molecule has 3 aromatic heterocycles. The number of thiophene rings is 1. The lowest BCUT2D eigenvalue weighted by atomic mass is 9.98. The molecule has 27 heavy (non-hydrogen) atoms. The largest absolute Gasteiger partial charge is 0.492 e. The zero-order valence-electron chi connectivity index (χ0n) is 15.0. The van der Waals surface area contributed by atoms with Gasteiger partial charge in [-0.1, -0.05) is 48.6 Å². The molecule has 0 radical (unpaired) electrons. The Hall–Kier alpha value is -2.22. The fourth-order valence-electron chi connectivity index (χ4n) is 3.78.